The Balaban J connectivity index is 1.95. The van der Waals surface area contributed by atoms with Crippen molar-refractivity contribution in [2.75, 3.05) is 11.6 Å². The molecule has 1 aromatic heterocycles. The fourth-order valence-electron chi connectivity index (χ4n) is 2.67. The van der Waals surface area contributed by atoms with Crippen molar-refractivity contribution in [1.82, 2.24) is 9.55 Å². The monoisotopic (exact) mass is 371 g/mol. The van der Waals surface area contributed by atoms with E-state index in [1.165, 1.54) is 11.5 Å². The number of rotatable bonds is 5. The highest BCUT2D eigenvalue weighted by atomic mass is 32.2. The summed E-state index contributed by atoms with van der Waals surface area (Å²) in [6, 6.07) is 13.4. The lowest BCUT2D eigenvalue weighted by molar-refractivity contribution is -0.114. The molecule has 3 aromatic rings. The van der Waals surface area contributed by atoms with Crippen LogP contribution < -0.4 is 5.32 Å². The van der Waals surface area contributed by atoms with Crippen LogP contribution >= 0.6 is 0 Å². The van der Waals surface area contributed by atoms with Crippen LogP contribution in [0, 0.1) is 0 Å². The lowest BCUT2D eigenvalue weighted by Gasteiger charge is -2.08. The Morgan fingerprint density at radius 1 is 1.08 bits per heavy atom. The minimum atomic E-state index is -3.59. The Labute approximate surface area is 150 Å². The van der Waals surface area contributed by atoms with Gasteiger partial charge in [-0.15, -0.1) is 0 Å². The molecule has 7 nitrogen and oxygen atoms in total. The van der Waals surface area contributed by atoms with E-state index in [-0.39, 0.29) is 23.4 Å². The zero-order valence-corrected chi connectivity index (χ0v) is 15.1. The maximum Gasteiger partial charge on any atom is 0.228 e. The number of aromatic nitrogens is 2. The molecule has 0 fully saturated rings. The Kier molecular flexibility index (Phi) is 4.60. The van der Waals surface area contributed by atoms with Crippen LogP contribution in [-0.4, -0.2) is 35.9 Å². The van der Waals surface area contributed by atoms with E-state index in [0.29, 0.717) is 22.3 Å². The topological polar surface area (TPSA) is 98.1 Å². The van der Waals surface area contributed by atoms with Crippen LogP contribution in [0.3, 0.4) is 0 Å². The lowest BCUT2D eigenvalue weighted by atomic mass is 10.1. The van der Waals surface area contributed by atoms with Crippen LogP contribution in [0.25, 0.3) is 11.0 Å². The molecule has 134 valence electrons. The largest absolute Gasteiger partial charge is 0.326 e. The summed E-state index contributed by atoms with van der Waals surface area (Å²) in [6.07, 6.45) is 1.07. The molecule has 3 rings (SSSR count). The summed E-state index contributed by atoms with van der Waals surface area (Å²) in [5.41, 5.74) is 2.09. The molecule has 2 aromatic carbocycles. The van der Waals surface area contributed by atoms with Gasteiger partial charge in [0, 0.05) is 24.4 Å². The molecule has 0 radical (unpaired) electrons. The number of carbonyl (C=O) groups excluding carboxylic acids is 2. The van der Waals surface area contributed by atoms with E-state index in [1.807, 2.05) is 0 Å². The van der Waals surface area contributed by atoms with Crippen molar-refractivity contribution < 1.29 is 18.0 Å². The van der Waals surface area contributed by atoms with Crippen molar-refractivity contribution >= 4 is 38.2 Å². The van der Waals surface area contributed by atoms with Crippen LogP contribution in [0.5, 0.6) is 0 Å². The second-order valence-corrected chi connectivity index (χ2v) is 7.83. The number of fused-ring (bicyclic) bond motifs is 1. The second-order valence-electron chi connectivity index (χ2n) is 5.92. The number of nitrogens with zero attached hydrogens (tertiary/aromatic N) is 2. The van der Waals surface area contributed by atoms with Gasteiger partial charge in [-0.3, -0.25) is 9.59 Å². The van der Waals surface area contributed by atoms with E-state index < -0.39 is 9.84 Å². The fraction of sp³-hybridized carbons (Fsp3) is 0.167. The highest BCUT2D eigenvalue weighted by Crippen LogP contribution is 2.20. The zero-order chi connectivity index (χ0) is 18.9. The van der Waals surface area contributed by atoms with Gasteiger partial charge < -0.3 is 9.88 Å². The first-order valence-electron chi connectivity index (χ1n) is 7.82. The first kappa shape index (κ1) is 17.8. The summed E-state index contributed by atoms with van der Waals surface area (Å²) in [4.78, 5) is 27.8. The molecule has 0 spiro atoms. The van der Waals surface area contributed by atoms with Gasteiger partial charge in [-0.2, -0.15) is 0 Å². The number of amides is 1. The minimum absolute atomic E-state index is 0.137. The molecule has 0 saturated heterocycles. The van der Waals surface area contributed by atoms with Gasteiger partial charge in [0.2, 0.25) is 20.9 Å². The first-order valence-corrected chi connectivity index (χ1v) is 9.71. The molecule has 0 bridgehead atoms. The molecule has 0 unspecified atom stereocenters. The third-order valence-corrected chi connectivity index (χ3v) is 4.76. The number of hydrogen-bond donors (Lipinski definition) is 1. The summed E-state index contributed by atoms with van der Waals surface area (Å²) in [7, 11) is -3.59. The van der Waals surface area contributed by atoms with Gasteiger partial charge in [0.05, 0.1) is 17.6 Å². The van der Waals surface area contributed by atoms with Crippen molar-refractivity contribution in [3.05, 3.63) is 54.1 Å². The summed E-state index contributed by atoms with van der Waals surface area (Å²) < 4.78 is 25.5. The zero-order valence-electron chi connectivity index (χ0n) is 14.3. The van der Waals surface area contributed by atoms with Gasteiger partial charge in [-0.05, 0) is 36.4 Å². The van der Waals surface area contributed by atoms with E-state index in [2.05, 4.69) is 10.3 Å². The summed E-state index contributed by atoms with van der Waals surface area (Å²) in [5.74, 6) is -0.459. The van der Waals surface area contributed by atoms with Crippen molar-refractivity contribution in [2.24, 2.45) is 0 Å². The van der Waals surface area contributed by atoms with Gasteiger partial charge >= 0.3 is 0 Å². The fourth-order valence-corrected chi connectivity index (χ4v) is 3.49. The van der Waals surface area contributed by atoms with Crippen LogP contribution in [0.1, 0.15) is 17.3 Å². The lowest BCUT2D eigenvalue weighted by Crippen LogP contribution is -2.16. The quantitative estimate of drug-likeness (QED) is 0.694. The Morgan fingerprint density at radius 3 is 2.35 bits per heavy atom. The molecule has 1 heterocycles. The highest BCUT2D eigenvalue weighted by Gasteiger charge is 2.21. The third kappa shape index (κ3) is 3.65. The number of carbonyl (C=O) groups is 2. The second kappa shape index (κ2) is 6.72. The Hall–Kier alpha value is -3.00. The molecule has 0 atom stereocenters. The smallest absolute Gasteiger partial charge is 0.228 e. The van der Waals surface area contributed by atoms with Crippen LogP contribution in [0.15, 0.2) is 53.7 Å². The van der Waals surface area contributed by atoms with E-state index in [1.54, 1.807) is 48.5 Å². The van der Waals surface area contributed by atoms with E-state index >= 15 is 0 Å². The van der Waals surface area contributed by atoms with Gasteiger partial charge in [0.25, 0.3) is 0 Å². The first-order chi connectivity index (χ1) is 12.3. The SMILES string of the molecule is CC(=O)Nc1ccc(C(=O)Cn2c(S(C)(=O)=O)nc3ccccc32)cc1. The summed E-state index contributed by atoms with van der Waals surface area (Å²) in [5, 5.41) is 2.49. The highest BCUT2D eigenvalue weighted by molar-refractivity contribution is 7.90. The number of para-hydroxylation sites is 2. The third-order valence-electron chi connectivity index (χ3n) is 3.78. The molecule has 1 N–H and O–H groups in total. The number of sulfone groups is 1. The molecule has 8 heteroatoms. The van der Waals surface area contributed by atoms with Crippen LogP contribution in [-0.2, 0) is 21.2 Å². The van der Waals surface area contributed by atoms with Crippen molar-refractivity contribution in [1.29, 1.82) is 0 Å². The van der Waals surface area contributed by atoms with Gasteiger partial charge in [-0.25, -0.2) is 13.4 Å². The average molecular weight is 371 g/mol. The van der Waals surface area contributed by atoms with Gasteiger partial charge in [-0.1, -0.05) is 12.1 Å². The molecule has 0 aliphatic heterocycles. The van der Waals surface area contributed by atoms with Crippen LogP contribution in [0.2, 0.25) is 0 Å². The van der Waals surface area contributed by atoms with Crippen LogP contribution in [0.4, 0.5) is 5.69 Å². The standard InChI is InChI=1S/C18H17N3O4S/c1-12(22)19-14-9-7-13(8-10-14)17(23)11-21-16-6-4-3-5-15(16)20-18(21)26(2,24)25/h3-10H,11H2,1-2H3,(H,19,22). The van der Waals surface area contributed by atoms with Gasteiger partial charge in [0.1, 0.15) is 0 Å². The number of hydrogen-bond acceptors (Lipinski definition) is 5. The predicted molar refractivity (Wildman–Crippen MR) is 97.9 cm³/mol. The molecular weight excluding hydrogens is 354 g/mol. The molecule has 26 heavy (non-hydrogen) atoms. The van der Waals surface area contributed by atoms with Crippen molar-refractivity contribution in [2.45, 2.75) is 18.6 Å². The Bertz CT molecular complexity index is 1100. The number of ketones is 1. The van der Waals surface area contributed by atoms with Gasteiger partial charge in [0.15, 0.2) is 5.78 Å². The van der Waals surface area contributed by atoms with E-state index in [9.17, 15) is 18.0 Å². The normalized spacial score (nSPS) is 11.5. The maximum absolute atomic E-state index is 12.6. The molecule has 0 aliphatic rings. The molecular formula is C18H17N3O4S. The summed E-state index contributed by atoms with van der Waals surface area (Å²) in [6.45, 7) is 1.25. The maximum atomic E-state index is 12.6. The molecule has 0 aliphatic carbocycles. The molecule has 0 saturated carbocycles. The van der Waals surface area contributed by atoms with Crippen molar-refractivity contribution in [3.8, 4) is 0 Å². The number of benzene rings is 2. The minimum Gasteiger partial charge on any atom is -0.326 e. The summed E-state index contributed by atoms with van der Waals surface area (Å²) >= 11 is 0. The average Bonchev–Trinajstić information content (AvgIpc) is 2.94. The number of anilines is 1. The van der Waals surface area contributed by atoms with Crippen molar-refractivity contribution in [3.63, 3.8) is 0 Å². The Morgan fingerprint density at radius 2 is 1.73 bits per heavy atom. The predicted octanol–water partition coefficient (Wildman–Crippen LogP) is 2.28. The number of imidazole rings is 1. The number of Topliss-reactive ketones (excluding diaryl/α,β-unsaturated/α-hetero) is 1. The molecule has 1 amide bonds. The van der Waals surface area contributed by atoms with E-state index in [0.717, 1.165) is 6.26 Å². The van der Waals surface area contributed by atoms with E-state index in [4.69, 9.17) is 0 Å². The number of nitrogens with one attached hydrogen (secondary N) is 1.